The lowest BCUT2D eigenvalue weighted by Gasteiger charge is -2.13. The summed E-state index contributed by atoms with van der Waals surface area (Å²) in [5.74, 6) is 2.20. The number of rotatable bonds is 9. The van der Waals surface area contributed by atoms with E-state index in [9.17, 15) is 4.79 Å². The monoisotopic (exact) mass is 484 g/mol. The van der Waals surface area contributed by atoms with Crippen molar-refractivity contribution < 1.29 is 23.7 Å². The molecular formula is C27H24N4O5. The average molecular weight is 485 g/mol. The normalized spacial score (nSPS) is 10.4. The molecule has 36 heavy (non-hydrogen) atoms. The maximum Gasteiger partial charge on any atom is 0.323 e. The van der Waals surface area contributed by atoms with Crippen LogP contribution in [0, 0.1) is 6.57 Å². The van der Waals surface area contributed by atoms with Gasteiger partial charge in [0.15, 0.2) is 0 Å². The van der Waals surface area contributed by atoms with Crippen LogP contribution in [-0.2, 0) is 4.74 Å². The van der Waals surface area contributed by atoms with Crippen molar-refractivity contribution in [1.82, 2.24) is 4.98 Å². The zero-order valence-electron chi connectivity index (χ0n) is 19.8. The van der Waals surface area contributed by atoms with Crippen molar-refractivity contribution in [2.24, 2.45) is 0 Å². The molecule has 0 saturated heterocycles. The first-order valence-corrected chi connectivity index (χ1v) is 11.0. The Balaban J connectivity index is 1.45. The molecule has 0 saturated carbocycles. The van der Waals surface area contributed by atoms with Crippen LogP contribution in [-0.4, -0.2) is 38.4 Å². The molecule has 0 fully saturated rings. The van der Waals surface area contributed by atoms with Gasteiger partial charge in [0.05, 0.1) is 25.8 Å². The van der Waals surface area contributed by atoms with Crippen LogP contribution in [0.2, 0.25) is 0 Å². The van der Waals surface area contributed by atoms with Gasteiger partial charge in [-0.25, -0.2) is 9.64 Å². The number of aromatic nitrogens is 1. The van der Waals surface area contributed by atoms with Crippen molar-refractivity contribution in [2.45, 2.75) is 0 Å². The van der Waals surface area contributed by atoms with Gasteiger partial charge < -0.3 is 29.6 Å². The molecule has 0 spiro atoms. The Morgan fingerprint density at radius 1 is 0.917 bits per heavy atom. The molecule has 0 aliphatic heterocycles. The second kappa shape index (κ2) is 11.6. The highest BCUT2D eigenvalue weighted by atomic mass is 16.5. The number of fused-ring (bicyclic) bond motifs is 1. The van der Waals surface area contributed by atoms with Gasteiger partial charge in [-0.15, -0.1) is 0 Å². The molecule has 3 aromatic carbocycles. The Bertz CT molecular complexity index is 1400. The number of anilines is 2. The number of amides is 2. The van der Waals surface area contributed by atoms with Crippen LogP contribution >= 0.6 is 0 Å². The number of urea groups is 1. The fraction of sp³-hybridized carbons (Fsp3) is 0.148. The van der Waals surface area contributed by atoms with Crippen LogP contribution in [0.15, 0.2) is 72.9 Å². The van der Waals surface area contributed by atoms with Crippen molar-refractivity contribution in [3.05, 3.63) is 84.3 Å². The second-order valence-corrected chi connectivity index (χ2v) is 7.54. The molecule has 0 aliphatic carbocycles. The van der Waals surface area contributed by atoms with E-state index in [4.69, 9.17) is 25.5 Å². The summed E-state index contributed by atoms with van der Waals surface area (Å²) in [6, 6.07) is 18.8. The van der Waals surface area contributed by atoms with Crippen LogP contribution in [0.3, 0.4) is 0 Å². The minimum absolute atomic E-state index is 0.332. The first kappa shape index (κ1) is 24.3. The molecule has 4 rings (SSSR count). The fourth-order valence-electron chi connectivity index (χ4n) is 3.39. The van der Waals surface area contributed by atoms with Crippen LogP contribution in [0.5, 0.6) is 23.0 Å². The first-order valence-electron chi connectivity index (χ1n) is 11.0. The quantitative estimate of drug-likeness (QED) is 0.215. The number of hydrogen-bond donors (Lipinski definition) is 2. The molecule has 2 N–H and O–H groups in total. The lowest BCUT2D eigenvalue weighted by atomic mass is 10.1. The zero-order chi connectivity index (χ0) is 25.3. The number of ether oxygens (including phenoxy) is 4. The number of nitrogens with zero attached hydrogens (tertiary/aromatic N) is 2. The molecule has 0 aliphatic rings. The maximum absolute atomic E-state index is 12.3. The smallest absolute Gasteiger partial charge is 0.323 e. The van der Waals surface area contributed by atoms with E-state index in [-0.39, 0.29) is 6.03 Å². The van der Waals surface area contributed by atoms with Crippen LogP contribution in [0.1, 0.15) is 0 Å². The molecule has 9 heteroatoms. The Kier molecular flexibility index (Phi) is 7.80. The van der Waals surface area contributed by atoms with Crippen molar-refractivity contribution in [1.29, 1.82) is 0 Å². The van der Waals surface area contributed by atoms with E-state index in [0.29, 0.717) is 64.2 Å². The number of pyridine rings is 1. The molecule has 0 atom stereocenters. The Morgan fingerprint density at radius 2 is 1.72 bits per heavy atom. The molecule has 1 aromatic heterocycles. The van der Waals surface area contributed by atoms with Gasteiger partial charge in [0.1, 0.15) is 29.6 Å². The van der Waals surface area contributed by atoms with Crippen molar-refractivity contribution >= 4 is 34.0 Å². The summed E-state index contributed by atoms with van der Waals surface area (Å²) in [7, 11) is 3.15. The number of methoxy groups -OCH3 is 2. The second-order valence-electron chi connectivity index (χ2n) is 7.54. The van der Waals surface area contributed by atoms with Crippen molar-refractivity contribution in [3.8, 4) is 23.0 Å². The maximum atomic E-state index is 12.3. The summed E-state index contributed by atoms with van der Waals surface area (Å²) >= 11 is 0. The number of nitrogens with one attached hydrogen (secondary N) is 2. The molecular weight excluding hydrogens is 460 g/mol. The Hall–Kier alpha value is -4.81. The zero-order valence-corrected chi connectivity index (χ0v) is 19.8. The van der Waals surface area contributed by atoms with E-state index in [0.717, 1.165) is 0 Å². The van der Waals surface area contributed by atoms with E-state index in [1.165, 1.54) is 0 Å². The van der Waals surface area contributed by atoms with Gasteiger partial charge in [0, 0.05) is 36.1 Å². The topological polar surface area (TPSA) is 95.3 Å². The summed E-state index contributed by atoms with van der Waals surface area (Å²) in [6.45, 7) is 8.26. The van der Waals surface area contributed by atoms with Gasteiger partial charge in [-0.05, 0) is 54.6 Å². The summed E-state index contributed by atoms with van der Waals surface area (Å²) in [4.78, 5) is 20.3. The predicted molar refractivity (Wildman–Crippen MR) is 138 cm³/mol. The fourth-order valence-corrected chi connectivity index (χ4v) is 3.39. The highest BCUT2D eigenvalue weighted by Gasteiger charge is 2.12. The Labute approximate surface area is 208 Å². The molecule has 0 unspecified atom stereocenters. The largest absolute Gasteiger partial charge is 0.502 e. The number of carbonyl (C=O) groups excluding carboxylic acids is 1. The number of carbonyl (C=O) groups is 1. The standard InChI is InChI=1S/C27H24N4O5/c1-28-24-16-22-23(17-26(24)35-14-13-33-2)29-12-11-25(22)36-20-9-7-18(8-10-20)30-27(32)31-19-5-4-6-21(15-19)34-3/h4-12,15-17H,13-14H2,2-3H3,(H2,30,31,32). The van der Waals surface area contributed by atoms with E-state index in [1.54, 1.807) is 87.1 Å². The third-order valence-electron chi connectivity index (χ3n) is 5.12. The minimum atomic E-state index is -0.382. The first-order chi connectivity index (χ1) is 17.6. The van der Waals surface area contributed by atoms with E-state index in [2.05, 4.69) is 20.5 Å². The highest BCUT2D eigenvalue weighted by molar-refractivity contribution is 5.99. The lowest BCUT2D eigenvalue weighted by Crippen LogP contribution is -2.19. The molecule has 0 bridgehead atoms. The summed E-state index contributed by atoms with van der Waals surface area (Å²) in [5, 5.41) is 6.22. The number of benzene rings is 3. The summed E-state index contributed by atoms with van der Waals surface area (Å²) in [5.41, 5.74) is 2.20. The van der Waals surface area contributed by atoms with E-state index < -0.39 is 0 Å². The minimum Gasteiger partial charge on any atom is -0.502 e. The molecule has 1 heterocycles. The van der Waals surface area contributed by atoms with Gasteiger partial charge in [-0.2, -0.15) is 0 Å². The van der Waals surface area contributed by atoms with Gasteiger partial charge in [-0.3, -0.25) is 4.98 Å². The molecule has 9 nitrogen and oxygen atoms in total. The van der Waals surface area contributed by atoms with Gasteiger partial charge in [-0.1, -0.05) is 6.07 Å². The van der Waals surface area contributed by atoms with E-state index >= 15 is 0 Å². The molecule has 182 valence electrons. The van der Waals surface area contributed by atoms with Crippen molar-refractivity contribution in [3.63, 3.8) is 0 Å². The molecule has 2 amide bonds. The summed E-state index contributed by atoms with van der Waals surface area (Å²) < 4.78 is 21.9. The Morgan fingerprint density at radius 3 is 2.47 bits per heavy atom. The summed E-state index contributed by atoms with van der Waals surface area (Å²) in [6.07, 6.45) is 1.63. The molecule has 4 aromatic rings. The van der Waals surface area contributed by atoms with Gasteiger partial charge in [0.2, 0.25) is 5.69 Å². The highest BCUT2D eigenvalue weighted by Crippen LogP contribution is 2.37. The average Bonchev–Trinajstić information content (AvgIpc) is 2.89. The number of hydrogen-bond acceptors (Lipinski definition) is 6. The van der Waals surface area contributed by atoms with Gasteiger partial charge >= 0.3 is 6.03 Å². The third kappa shape index (κ3) is 6.00. The lowest BCUT2D eigenvalue weighted by molar-refractivity contribution is 0.147. The SMILES string of the molecule is [C-]#[N+]c1cc2c(Oc3ccc(NC(=O)Nc4cccc(OC)c4)cc3)ccnc2cc1OCCOC. The van der Waals surface area contributed by atoms with Crippen LogP contribution in [0.25, 0.3) is 15.7 Å². The predicted octanol–water partition coefficient (Wildman–Crippen LogP) is 6.26. The van der Waals surface area contributed by atoms with E-state index in [1.807, 2.05) is 0 Å². The van der Waals surface area contributed by atoms with Crippen molar-refractivity contribution in [2.75, 3.05) is 38.1 Å². The molecule has 0 radical (unpaired) electrons. The van der Waals surface area contributed by atoms with Gasteiger partial charge in [0.25, 0.3) is 0 Å². The van der Waals surface area contributed by atoms with Crippen LogP contribution in [0.4, 0.5) is 21.9 Å². The third-order valence-corrected chi connectivity index (χ3v) is 5.12. The van der Waals surface area contributed by atoms with Crippen LogP contribution < -0.4 is 24.8 Å².